The molecule has 0 unspecified atom stereocenters. The monoisotopic (exact) mass is 543 g/mol. The van der Waals surface area contributed by atoms with Crippen molar-refractivity contribution in [1.82, 2.24) is 5.32 Å². The van der Waals surface area contributed by atoms with Crippen molar-refractivity contribution in [2.45, 2.75) is 174 Å². The Morgan fingerprint density at radius 2 is 0.886 bits per heavy atom. The lowest BCUT2D eigenvalue weighted by Crippen LogP contribution is -2.22. The van der Waals surface area contributed by atoms with Crippen LogP contribution in [0.3, 0.4) is 0 Å². The Labute approximate surface area is 236 Å². The van der Waals surface area contributed by atoms with Crippen molar-refractivity contribution in [3.05, 3.63) is 0 Å². The first-order chi connectivity index (χ1) is 17.2. The van der Waals surface area contributed by atoms with Crippen LogP contribution in [0.1, 0.15) is 174 Å². The fourth-order valence-corrected chi connectivity index (χ4v) is 6.01. The highest BCUT2D eigenvalue weighted by Crippen LogP contribution is 2.16. The van der Waals surface area contributed by atoms with Crippen LogP contribution < -0.4 is 5.32 Å². The average molecular weight is 544 g/mol. The van der Waals surface area contributed by atoms with Crippen LogP contribution in [-0.4, -0.2) is 21.5 Å². The molecule has 0 aromatic rings. The lowest BCUT2D eigenvalue weighted by Gasteiger charge is -2.08. The Kier molecular flexibility index (Phi) is 30.8. The standard InChI is InChI=1S/C31H61NS3/c1-3-5-7-9-11-13-15-17-19-22-26-30(33)32-28-24-21-25-29-35-31(34)27-23-20-18-16-14-12-10-8-6-4-2/h3-29H2,1-2H3,(H,32,33). The van der Waals surface area contributed by atoms with E-state index < -0.39 is 0 Å². The van der Waals surface area contributed by atoms with Gasteiger partial charge in [-0.2, -0.15) is 0 Å². The van der Waals surface area contributed by atoms with Crippen molar-refractivity contribution in [2.24, 2.45) is 0 Å². The summed E-state index contributed by atoms with van der Waals surface area (Å²) in [5, 5.41) is 3.47. The fraction of sp³-hybridized carbons (Fsp3) is 0.935. The Morgan fingerprint density at radius 3 is 1.37 bits per heavy atom. The zero-order valence-electron chi connectivity index (χ0n) is 23.8. The third kappa shape index (κ3) is 30.4. The molecular formula is C31H61NS3. The van der Waals surface area contributed by atoms with Crippen LogP contribution >= 0.6 is 36.2 Å². The molecule has 35 heavy (non-hydrogen) atoms. The minimum Gasteiger partial charge on any atom is -0.380 e. The number of nitrogens with one attached hydrogen (secondary N) is 1. The highest BCUT2D eigenvalue weighted by atomic mass is 32.2. The van der Waals surface area contributed by atoms with Crippen LogP contribution in [0.5, 0.6) is 0 Å². The highest BCUT2D eigenvalue weighted by molar-refractivity contribution is 8.23. The molecule has 208 valence electrons. The zero-order chi connectivity index (χ0) is 25.7. The van der Waals surface area contributed by atoms with Crippen molar-refractivity contribution < 1.29 is 0 Å². The molecule has 0 spiro atoms. The van der Waals surface area contributed by atoms with Gasteiger partial charge in [0.1, 0.15) is 0 Å². The summed E-state index contributed by atoms with van der Waals surface area (Å²) in [5.74, 6) is 1.19. The first-order valence-electron chi connectivity index (χ1n) is 15.6. The van der Waals surface area contributed by atoms with Gasteiger partial charge in [-0.3, -0.25) is 0 Å². The van der Waals surface area contributed by atoms with Crippen molar-refractivity contribution >= 4 is 45.4 Å². The van der Waals surface area contributed by atoms with Crippen molar-refractivity contribution in [2.75, 3.05) is 12.3 Å². The second-order valence-corrected chi connectivity index (χ2v) is 12.9. The van der Waals surface area contributed by atoms with E-state index in [9.17, 15) is 0 Å². The number of thioether (sulfide) groups is 1. The average Bonchev–Trinajstić information content (AvgIpc) is 2.85. The minimum atomic E-state index is 1.05. The van der Waals surface area contributed by atoms with E-state index in [2.05, 4.69) is 19.2 Å². The summed E-state index contributed by atoms with van der Waals surface area (Å²) < 4.78 is 1.24. The molecule has 0 aromatic heterocycles. The molecule has 1 N–H and O–H groups in total. The molecule has 1 nitrogen and oxygen atoms in total. The molecule has 0 radical (unpaired) electrons. The van der Waals surface area contributed by atoms with E-state index in [0.717, 1.165) is 24.4 Å². The summed E-state index contributed by atoms with van der Waals surface area (Å²) in [6.45, 7) is 5.62. The van der Waals surface area contributed by atoms with Gasteiger partial charge in [-0.15, -0.1) is 11.8 Å². The van der Waals surface area contributed by atoms with E-state index in [1.807, 2.05) is 11.8 Å². The van der Waals surface area contributed by atoms with Gasteiger partial charge in [0.05, 0.1) is 4.99 Å². The number of hydrogen-bond acceptors (Lipinski definition) is 3. The first-order valence-corrected chi connectivity index (χ1v) is 17.4. The third-order valence-corrected chi connectivity index (χ3v) is 8.82. The zero-order valence-corrected chi connectivity index (χ0v) is 26.3. The molecular weight excluding hydrogens is 483 g/mol. The molecule has 0 aromatic carbocycles. The Bertz CT molecular complexity index is 413. The molecule has 0 bridgehead atoms. The van der Waals surface area contributed by atoms with Crippen LogP contribution in [0.25, 0.3) is 0 Å². The largest absolute Gasteiger partial charge is 0.380 e. The predicted octanol–water partition coefficient (Wildman–Crippen LogP) is 11.8. The molecule has 4 heteroatoms. The van der Waals surface area contributed by atoms with Gasteiger partial charge in [-0.05, 0) is 44.3 Å². The Hall–Kier alpha value is 0.330. The lowest BCUT2D eigenvalue weighted by atomic mass is 10.1. The van der Waals surface area contributed by atoms with Crippen LogP contribution in [0, 0.1) is 0 Å². The maximum Gasteiger partial charge on any atom is 0.0753 e. The van der Waals surface area contributed by atoms with E-state index in [0.29, 0.717) is 0 Å². The smallest absolute Gasteiger partial charge is 0.0753 e. The summed E-state index contributed by atoms with van der Waals surface area (Å²) in [7, 11) is 0. The molecule has 0 heterocycles. The van der Waals surface area contributed by atoms with Gasteiger partial charge in [0.25, 0.3) is 0 Å². The molecule has 0 aliphatic carbocycles. The summed E-state index contributed by atoms with van der Waals surface area (Å²) in [4.78, 5) is 1.08. The number of thiocarbonyl (C=S) groups is 2. The van der Waals surface area contributed by atoms with Crippen molar-refractivity contribution in [3.63, 3.8) is 0 Å². The summed E-state index contributed by atoms with van der Waals surface area (Å²) in [6, 6.07) is 0. The van der Waals surface area contributed by atoms with E-state index in [4.69, 9.17) is 24.4 Å². The van der Waals surface area contributed by atoms with Gasteiger partial charge in [0, 0.05) is 10.7 Å². The SMILES string of the molecule is CCCCCCCCCCCCC(=S)NCCCCCSC(=S)CCCCCCCCCCCC. The maximum atomic E-state index is 5.58. The summed E-state index contributed by atoms with van der Waals surface area (Å²) >= 11 is 13.0. The van der Waals surface area contributed by atoms with Crippen LogP contribution in [0.15, 0.2) is 0 Å². The Morgan fingerprint density at radius 1 is 0.486 bits per heavy atom. The van der Waals surface area contributed by atoms with Crippen LogP contribution in [0.2, 0.25) is 0 Å². The Balaban J connectivity index is 3.26. The maximum absolute atomic E-state index is 5.58. The van der Waals surface area contributed by atoms with Crippen LogP contribution in [-0.2, 0) is 0 Å². The van der Waals surface area contributed by atoms with Gasteiger partial charge in [-0.25, -0.2) is 0 Å². The second kappa shape index (κ2) is 30.6. The summed E-state index contributed by atoms with van der Waals surface area (Å²) in [5.41, 5.74) is 0. The van der Waals surface area contributed by atoms with Gasteiger partial charge < -0.3 is 5.32 Å². The van der Waals surface area contributed by atoms with Gasteiger partial charge in [-0.1, -0.05) is 160 Å². The van der Waals surface area contributed by atoms with Crippen molar-refractivity contribution in [1.29, 1.82) is 0 Å². The molecule has 0 amide bonds. The topological polar surface area (TPSA) is 12.0 Å². The van der Waals surface area contributed by atoms with E-state index >= 15 is 0 Å². The molecule has 0 fully saturated rings. The normalized spacial score (nSPS) is 11.1. The number of hydrogen-bond donors (Lipinski definition) is 1. The van der Waals surface area contributed by atoms with Crippen LogP contribution in [0.4, 0.5) is 0 Å². The fourth-order valence-electron chi connectivity index (χ4n) is 4.51. The van der Waals surface area contributed by atoms with Gasteiger partial charge in [0.15, 0.2) is 0 Å². The quantitative estimate of drug-likeness (QED) is 0.0777. The minimum absolute atomic E-state index is 1.05. The van der Waals surface area contributed by atoms with Crippen molar-refractivity contribution in [3.8, 4) is 0 Å². The molecule has 0 rings (SSSR count). The van der Waals surface area contributed by atoms with E-state index in [1.165, 1.54) is 158 Å². The van der Waals surface area contributed by atoms with E-state index in [1.54, 1.807) is 0 Å². The van der Waals surface area contributed by atoms with Gasteiger partial charge in [0.2, 0.25) is 0 Å². The van der Waals surface area contributed by atoms with Gasteiger partial charge >= 0.3 is 0 Å². The molecule has 0 atom stereocenters. The predicted molar refractivity (Wildman–Crippen MR) is 172 cm³/mol. The molecule has 0 aliphatic rings. The first kappa shape index (κ1) is 35.3. The molecule has 0 saturated carbocycles. The lowest BCUT2D eigenvalue weighted by molar-refractivity contribution is 0.558. The second-order valence-electron chi connectivity index (χ2n) is 10.5. The van der Waals surface area contributed by atoms with E-state index in [-0.39, 0.29) is 0 Å². The third-order valence-electron chi connectivity index (χ3n) is 6.90. The molecule has 0 aliphatic heterocycles. The molecule has 0 saturated heterocycles. The number of rotatable bonds is 28. The highest BCUT2D eigenvalue weighted by Gasteiger charge is 2.01. The number of unbranched alkanes of at least 4 members (excludes halogenated alkanes) is 20. The summed E-state index contributed by atoms with van der Waals surface area (Å²) in [6.07, 6.45) is 33.9.